The highest BCUT2D eigenvalue weighted by Crippen LogP contribution is 2.15. The van der Waals surface area contributed by atoms with Crippen molar-refractivity contribution in [1.82, 2.24) is 5.32 Å². The Hall–Kier alpha value is -1.17. The molecule has 0 aromatic carbocycles. The topological polar surface area (TPSA) is 89.8 Å². The molecule has 0 saturated heterocycles. The second kappa shape index (κ2) is 38.6. The lowest BCUT2D eigenvalue weighted by atomic mass is 10.0. The summed E-state index contributed by atoms with van der Waals surface area (Å²) >= 11 is 0. The average molecular weight is 678 g/mol. The van der Waals surface area contributed by atoms with Crippen LogP contribution in [0, 0.1) is 0 Å². The van der Waals surface area contributed by atoms with Gasteiger partial charge in [0.25, 0.3) is 0 Å². The number of amides is 1. The van der Waals surface area contributed by atoms with Crippen molar-refractivity contribution in [2.24, 2.45) is 0 Å². The maximum absolute atomic E-state index is 12.4. The van der Waals surface area contributed by atoms with Gasteiger partial charge in [-0.1, -0.05) is 199 Å². The van der Waals surface area contributed by atoms with Crippen molar-refractivity contribution in [2.45, 2.75) is 238 Å². The summed E-state index contributed by atoms with van der Waals surface area (Å²) < 4.78 is 0. The van der Waals surface area contributed by atoms with Gasteiger partial charge in [-0.2, -0.15) is 0 Å². The van der Waals surface area contributed by atoms with Gasteiger partial charge in [0, 0.05) is 0 Å². The van der Waals surface area contributed by atoms with E-state index in [0.29, 0.717) is 6.42 Å². The summed E-state index contributed by atoms with van der Waals surface area (Å²) in [5.41, 5.74) is 0. The molecule has 0 aliphatic heterocycles. The molecule has 5 nitrogen and oxygen atoms in total. The second-order valence-electron chi connectivity index (χ2n) is 14.6. The number of unbranched alkanes of at least 4 members (excludes halogenated alkanes) is 28. The Morgan fingerprint density at radius 3 is 1.21 bits per heavy atom. The predicted molar refractivity (Wildman–Crippen MR) is 208 cm³/mol. The van der Waals surface area contributed by atoms with Gasteiger partial charge in [-0.15, -0.1) is 0 Å². The Morgan fingerprint density at radius 1 is 0.500 bits per heavy atom. The van der Waals surface area contributed by atoms with Crippen molar-refractivity contribution >= 4 is 5.91 Å². The monoisotopic (exact) mass is 678 g/mol. The molecule has 4 N–H and O–H groups in total. The standard InChI is InChI=1S/C43H83NO4/c1-3-5-7-9-11-13-15-17-19-20-21-22-23-24-26-28-30-32-34-36-38-42(47)43(48)44-40(39-45)41(46)37-35-33-31-29-27-25-18-16-14-12-10-8-6-4-2/h22-23,35,37,40-42,45-47H,3-21,24-34,36,38-39H2,1-2H3,(H,44,48)/b23-22-,37-35+. The number of carbonyl (C=O) groups is 1. The fourth-order valence-electron chi connectivity index (χ4n) is 6.41. The van der Waals surface area contributed by atoms with Crippen LogP contribution in [-0.4, -0.2) is 46.1 Å². The first kappa shape index (κ1) is 46.8. The largest absolute Gasteiger partial charge is 0.394 e. The molecule has 0 aliphatic carbocycles. The summed E-state index contributed by atoms with van der Waals surface area (Å²) in [4.78, 5) is 12.4. The quantitative estimate of drug-likeness (QED) is 0.0387. The third-order valence-corrected chi connectivity index (χ3v) is 9.79. The van der Waals surface area contributed by atoms with Crippen LogP contribution in [0.3, 0.4) is 0 Å². The summed E-state index contributed by atoms with van der Waals surface area (Å²) in [5, 5.41) is 33.1. The molecule has 0 fully saturated rings. The molecule has 0 bridgehead atoms. The van der Waals surface area contributed by atoms with Crippen LogP contribution in [0.2, 0.25) is 0 Å². The predicted octanol–water partition coefficient (Wildman–Crippen LogP) is 11.8. The summed E-state index contributed by atoms with van der Waals surface area (Å²) in [6.07, 6.45) is 46.3. The van der Waals surface area contributed by atoms with E-state index in [9.17, 15) is 20.1 Å². The highest BCUT2D eigenvalue weighted by molar-refractivity contribution is 5.80. The summed E-state index contributed by atoms with van der Waals surface area (Å²) in [6, 6.07) is -0.797. The van der Waals surface area contributed by atoms with E-state index in [1.165, 1.54) is 167 Å². The van der Waals surface area contributed by atoms with Crippen molar-refractivity contribution in [3.8, 4) is 0 Å². The minimum Gasteiger partial charge on any atom is -0.394 e. The van der Waals surface area contributed by atoms with Crippen LogP contribution in [0.1, 0.15) is 219 Å². The van der Waals surface area contributed by atoms with Crippen molar-refractivity contribution in [1.29, 1.82) is 0 Å². The van der Waals surface area contributed by atoms with E-state index in [1.807, 2.05) is 6.08 Å². The van der Waals surface area contributed by atoms with Gasteiger partial charge in [0.2, 0.25) is 5.91 Å². The van der Waals surface area contributed by atoms with E-state index in [0.717, 1.165) is 32.1 Å². The van der Waals surface area contributed by atoms with E-state index in [-0.39, 0.29) is 6.61 Å². The van der Waals surface area contributed by atoms with Gasteiger partial charge in [-0.25, -0.2) is 0 Å². The van der Waals surface area contributed by atoms with Crippen LogP contribution in [0.25, 0.3) is 0 Å². The van der Waals surface area contributed by atoms with E-state index in [2.05, 4.69) is 31.3 Å². The van der Waals surface area contributed by atoms with Gasteiger partial charge < -0.3 is 20.6 Å². The van der Waals surface area contributed by atoms with Crippen LogP contribution in [0.15, 0.2) is 24.3 Å². The second-order valence-corrected chi connectivity index (χ2v) is 14.6. The molecule has 0 heterocycles. The minimum atomic E-state index is -1.10. The molecule has 3 unspecified atom stereocenters. The SMILES string of the molecule is CCCCCCCCCCCC/C=C\CCCCCCCCC(O)C(=O)NC(CO)C(O)/C=C/CCCCCCCCCCCCCC. The van der Waals surface area contributed by atoms with Crippen LogP contribution in [0.5, 0.6) is 0 Å². The highest BCUT2D eigenvalue weighted by Gasteiger charge is 2.22. The van der Waals surface area contributed by atoms with Crippen LogP contribution in [0.4, 0.5) is 0 Å². The number of aliphatic hydroxyl groups is 3. The van der Waals surface area contributed by atoms with E-state index >= 15 is 0 Å². The molecule has 0 rings (SSSR count). The van der Waals surface area contributed by atoms with Gasteiger partial charge in [-0.05, 0) is 44.9 Å². The zero-order valence-corrected chi connectivity index (χ0v) is 32.1. The highest BCUT2D eigenvalue weighted by atomic mass is 16.3. The lowest BCUT2D eigenvalue weighted by Crippen LogP contribution is -2.48. The Kier molecular flexibility index (Phi) is 37.7. The number of allylic oxidation sites excluding steroid dienone is 3. The zero-order valence-electron chi connectivity index (χ0n) is 32.1. The summed E-state index contributed by atoms with van der Waals surface area (Å²) in [7, 11) is 0. The van der Waals surface area contributed by atoms with Crippen molar-refractivity contribution in [3.63, 3.8) is 0 Å². The maximum atomic E-state index is 12.4. The fraction of sp³-hybridized carbons (Fsp3) is 0.884. The lowest BCUT2D eigenvalue weighted by molar-refractivity contribution is -0.131. The molecule has 3 atom stereocenters. The molecule has 5 heteroatoms. The van der Waals surface area contributed by atoms with E-state index < -0.39 is 24.2 Å². The molecule has 48 heavy (non-hydrogen) atoms. The van der Waals surface area contributed by atoms with Gasteiger partial charge in [0.15, 0.2) is 0 Å². The molecule has 1 amide bonds. The van der Waals surface area contributed by atoms with Gasteiger partial charge in [0.05, 0.1) is 18.8 Å². The first-order valence-corrected chi connectivity index (χ1v) is 21.2. The number of nitrogens with one attached hydrogen (secondary N) is 1. The third kappa shape index (κ3) is 33.3. The molecule has 0 radical (unpaired) electrons. The van der Waals surface area contributed by atoms with Crippen LogP contribution < -0.4 is 5.32 Å². The van der Waals surface area contributed by atoms with Crippen molar-refractivity contribution < 1.29 is 20.1 Å². The van der Waals surface area contributed by atoms with Crippen molar-refractivity contribution in [3.05, 3.63) is 24.3 Å². The number of hydrogen-bond acceptors (Lipinski definition) is 4. The lowest BCUT2D eigenvalue weighted by Gasteiger charge is -2.21. The Morgan fingerprint density at radius 2 is 0.833 bits per heavy atom. The van der Waals surface area contributed by atoms with Gasteiger partial charge in [-0.3, -0.25) is 4.79 Å². The maximum Gasteiger partial charge on any atom is 0.249 e. The Labute approximate surface area is 299 Å². The van der Waals surface area contributed by atoms with E-state index in [4.69, 9.17) is 0 Å². The molecule has 0 spiro atoms. The average Bonchev–Trinajstić information content (AvgIpc) is 3.09. The summed E-state index contributed by atoms with van der Waals surface area (Å²) in [6.45, 7) is 4.18. The molecular formula is C43H83NO4. The smallest absolute Gasteiger partial charge is 0.249 e. The van der Waals surface area contributed by atoms with Gasteiger partial charge >= 0.3 is 0 Å². The number of carbonyl (C=O) groups excluding carboxylic acids is 1. The van der Waals surface area contributed by atoms with Crippen LogP contribution >= 0.6 is 0 Å². The van der Waals surface area contributed by atoms with Crippen molar-refractivity contribution in [2.75, 3.05) is 6.61 Å². The first-order valence-electron chi connectivity index (χ1n) is 21.2. The molecule has 0 aromatic heterocycles. The molecule has 0 aliphatic rings. The summed E-state index contributed by atoms with van der Waals surface area (Å²) in [5.74, 6) is -0.507. The molecular weight excluding hydrogens is 594 g/mol. The minimum absolute atomic E-state index is 0.364. The molecule has 0 aromatic rings. The fourth-order valence-corrected chi connectivity index (χ4v) is 6.41. The Bertz CT molecular complexity index is 709. The zero-order chi connectivity index (χ0) is 35.2. The molecule has 284 valence electrons. The first-order chi connectivity index (χ1) is 23.6. The number of rotatable bonds is 38. The van der Waals surface area contributed by atoms with E-state index in [1.54, 1.807) is 6.08 Å². The number of hydrogen-bond donors (Lipinski definition) is 4. The third-order valence-electron chi connectivity index (χ3n) is 9.79. The normalized spacial score (nSPS) is 13.9. The van der Waals surface area contributed by atoms with Crippen LogP contribution in [-0.2, 0) is 4.79 Å². The van der Waals surface area contributed by atoms with Gasteiger partial charge in [0.1, 0.15) is 6.10 Å². The number of aliphatic hydroxyl groups excluding tert-OH is 3. The molecule has 0 saturated carbocycles. The Balaban J connectivity index is 3.68.